The van der Waals surface area contributed by atoms with Crippen LogP contribution in [0.5, 0.6) is 0 Å². The second-order valence-corrected chi connectivity index (χ2v) is 7.63. The van der Waals surface area contributed by atoms with Crippen molar-refractivity contribution in [3.8, 4) is 5.69 Å². The molecule has 2 aromatic heterocycles. The van der Waals surface area contributed by atoms with E-state index in [1.165, 1.54) is 12.1 Å². The maximum Gasteiger partial charge on any atom is 0.224 e. The number of amides is 1. The second-order valence-electron chi connectivity index (χ2n) is 7.63. The lowest BCUT2D eigenvalue weighted by atomic mass is 10.1. The molecule has 154 valence electrons. The van der Waals surface area contributed by atoms with Crippen LogP contribution in [0.4, 0.5) is 4.39 Å². The van der Waals surface area contributed by atoms with Crippen molar-refractivity contribution in [1.29, 1.82) is 0 Å². The van der Waals surface area contributed by atoms with Gasteiger partial charge < -0.3 is 5.32 Å². The standard InChI is InChI=1S/C22H28FN5O/c1-13(12-27-17(5)14(2)15(3)25-27)22(29)24-11-21-16(4)26-28(18(21)6)20-9-7-19(23)8-10-20/h7-10,13H,11-12H2,1-6H3,(H,24,29)/t13-/m1/s1. The Balaban J connectivity index is 1.68. The largest absolute Gasteiger partial charge is 0.352 e. The van der Waals surface area contributed by atoms with Gasteiger partial charge in [0.15, 0.2) is 0 Å². The summed E-state index contributed by atoms with van der Waals surface area (Å²) in [5, 5.41) is 12.1. The van der Waals surface area contributed by atoms with Gasteiger partial charge in [-0.05, 0) is 64.4 Å². The molecule has 7 heteroatoms. The number of hydrogen-bond donors (Lipinski definition) is 1. The smallest absolute Gasteiger partial charge is 0.224 e. The molecule has 3 rings (SSSR count). The molecule has 3 aromatic rings. The Labute approximate surface area is 170 Å². The van der Waals surface area contributed by atoms with Crippen LogP contribution < -0.4 is 5.32 Å². The molecule has 1 atom stereocenters. The van der Waals surface area contributed by atoms with Crippen LogP contribution in [0.3, 0.4) is 0 Å². The quantitative estimate of drug-likeness (QED) is 0.690. The Morgan fingerprint density at radius 2 is 1.69 bits per heavy atom. The molecule has 1 aromatic carbocycles. The minimum Gasteiger partial charge on any atom is -0.352 e. The number of nitrogens with zero attached hydrogens (tertiary/aromatic N) is 4. The molecule has 0 spiro atoms. The number of halogens is 1. The lowest BCUT2D eigenvalue weighted by Crippen LogP contribution is -2.32. The molecular weight excluding hydrogens is 369 g/mol. The highest BCUT2D eigenvalue weighted by molar-refractivity contribution is 5.78. The minimum atomic E-state index is -0.283. The van der Waals surface area contributed by atoms with Crippen LogP contribution in [-0.2, 0) is 17.9 Å². The van der Waals surface area contributed by atoms with Crippen LogP contribution in [0.25, 0.3) is 5.69 Å². The van der Waals surface area contributed by atoms with E-state index in [-0.39, 0.29) is 17.6 Å². The predicted molar refractivity (Wildman–Crippen MR) is 110 cm³/mol. The zero-order valence-electron chi connectivity index (χ0n) is 17.9. The normalized spacial score (nSPS) is 12.2. The van der Waals surface area contributed by atoms with E-state index in [2.05, 4.69) is 15.5 Å². The van der Waals surface area contributed by atoms with Crippen molar-refractivity contribution in [2.24, 2.45) is 5.92 Å². The van der Waals surface area contributed by atoms with Crippen molar-refractivity contribution < 1.29 is 9.18 Å². The number of nitrogens with one attached hydrogen (secondary N) is 1. The minimum absolute atomic E-state index is 0.0245. The summed E-state index contributed by atoms with van der Waals surface area (Å²) >= 11 is 0. The van der Waals surface area contributed by atoms with Crippen LogP contribution in [0.1, 0.15) is 40.8 Å². The molecule has 0 aliphatic rings. The first kappa shape index (κ1) is 20.8. The van der Waals surface area contributed by atoms with Crippen molar-refractivity contribution >= 4 is 5.91 Å². The number of aromatic nitrogens is 4. The molecule has 0 aliphatic heterocycles. The SMILES string of the molecule is Cc1nn(C[C@@H](C)C(=O)NCc2c(C)nn(-c3ccc(F)cc3)c2C)c(C)c1C. The molecule has 0 unspecified atom stereocenters. The van der Waals surface area contributed by atoms with Crippen molar-refractivity contribution in [1.82, 2.24) is 24.9 Å². The van der Waals surface area contributed by atoms with E-state index in [0.29, 0.717) is 13.1 Å². The highest BCUT2D eigenvalue weighted by atomic mass is 19.1. The summed E-state index contributed by atoms with van der Waals surface area (Å²) < 4.78 is 16.9. The first-order valence-corrected chi connectivity index (χ1v) is 9.78. The molecule has 0 radical (unpaired) electrons. The molecule has 0 bridgehead atoms. The maximum atomic E-state index is 13.2. The zero-order chi connectivity index (χ0) is 21.3. The van der Waals surface area contributed by atoms with E-state index < -0.39 is 0 Å². The summed E-state index contributed by atoms with van der Waals surface area (Å²) in [6.45, 7) is 12.8. The number of carbonyl (C=O) groups is 1. The molecule has 0 aliphatic carbocycles. The third kappa shape index (κ3) is 4.23. The van der Waals surface area contributed by atoms with Gasteiger partial charge in [0.25, 0.3) is 0 Å². The van der Waals surface area contributed by atoms with Gasteiger partial charge in [-0.25, -0.2) is 9.07 Å². The zero-order valence-corrected chi connectivity index (χ0v) is 17.9. The van der Waals surface area contributed by atoms with E-state index in [4.69, 9.17) is 0 Å². The number of carbonyl (C=O) groups excluding carboxylic acids is 1. The lowest BCUT2D eigenvalue weighted by Gasteiger charge is -2.14. The van der Waals surface area contributed by atoms with Gasteiger partial charge in [-0.3, -0.25) is 9.48 Å². The molecule has 0 saturated carbocycles. The Morgan fingerprint density at radius 1 is 1.03 bits per heavy atom. The lowest BCUT2D eigenvalue weighted by molar-refractivity contribution is -0.125. The number of hydrogen-bond acceptors (Lipinski definition) is 3. The monoisotopic (exact) mass is 397 g/mol. The molecule has 6 nitrogen and oxygen atoms in total. The molecule has 0 saturated heterocycles. The highest BCUT2D eigenvalue weighted by Crippen LogP contribution is 2.19. The topological polar surface area (TPSA) is 64.7 Å². The summed E-state index contributed by atoms with van der Waals surface area (Å²) in [6.07, 6.45) is 0. The molecular formula is C22H28FN5O. The summed E-state index contributed by atoms with van der Waals surface area (Å²) in [5.74, 6) is -0.516. The number of aryl methyl sites for hydroxylation is 2. The van der Waals surface area contributed by atoms with Crippen LogP contribution in [-0.4, -0.2) is 25.5 Å². The van der Waals surface area contributed by atoms with E-state index >= 15 is 0 Å². The fourth-order valence-corrected chi connectivity index (χ4v) is 3.42. The molecule has 29 heavy (non-hydrogen) atoms. The van der Waals surface area contributed by atoms with Crippen LogP contribution >= 0.6 is 0 Å². The fraction of sp³-hybridized carbons (Fsp3) is 0.409. The van der Waals surface area contributed by atoms with E-state index in [1.54, 1.807) is 16.8 Å². The predicted octanol–water partition coefficient (Wildman–Crippen LogP) is 3.70. The van der Waals surface area contributed by atoms with Gasteiger partial charge in [-0.1, -0.05) is 6.92 Å². The van der Waals surface area contributed by atoms with Crippen molar-refractivity contribution in [2.75, 3.05) is 0 Å². The van der Waals surface area contributed by atoms with E-state index in [9.17, 15) is 9.18 Å². The Morgan fingerprint density at radius 3 is 2.28 bits per heavy atom. The van der Waals surface area contributed by atoms with Gasteiger partial charge in [-0.2, -0.15) is 10.2 Å². The third-order valence-electron chi connectivity index (χ3n) is 5.59. The van der Waals surface area contributed by atoms with Crippen molar-refractivity contribution in [3.05, 3.63) is 64.0 Å². The van der Waals surface area contributed by atoms with Gasteiger partial charge >= 0.3 is 0 Å². The summed E-state index contributed by atoms with van der Waals surface area (Å²) in [7, 11) is 0. The van der Waals surface area contributed by atoms with Crippen LogP contribution in [0.2, 0.25) is 0 Å². The fourth-order valence-electron chi connectivity index (χ4n) is 3.42. The average Bonchev–Trinajstić information content (AvgIpc) is 3.10. The summed E-state index contributed by atoms with van der Waals surface area (Å²) in [5.41, 5.74) is 6.78. The van der Waals surface area contributed by atoms with Gasteiger partial charge in [0, 0.05) is 23.5 Å². The summed E-state index contributed by atoms with van der Waals surface area (Å²) in [4.78, 5) is 12.6. The number of rotatable bonds is 6. The molecule has 2 heterocycles. The van der Waals surface area contributed by atoms with Crippen LogP contribution in [0, 0.1) is 46.4 Å². The van der Waals surface area contributed by atoms with Crippen LogP contribution in [0.15, 0.2) is 24.3 Å². The van der Waals surface area contributed by atoms with Gasteiger partial charge in [0.1, 0.15) is 5.82 Å². The summed E-state index contributed by atoms with van der Waals surface area (Å²) in [6, 6.07) is 6.20. The molecule has 1 amide bonds. The third-order valence-corrected chi connectivity index (χ3v) is 5.59. The van der Waals surface area contributed by atoms with E-state index in [0.717, 1.165) is 39.6 Å². The van der Waals surface area contributed by atoms with Gasteiger partial charge in [0.2, 0.25) is 5.91 Å². The Bertz CT molecular complexity index is 1030. The van der Waals surface area contributed by atoms with Crippen molar-refractivity contribution in [3.63, 3.8) is 0 Å². The average molecular weight is 397 g/mol. The maximum absolute atomic E-state index is 13.2. The first-order chi connectivity index (χ1) is 13.7. The Hall–Kier alpha value is -2.96. The molecule has 1 N–H and O–H groups in total. The highest BCUT2D eigenvalue weighted by Gasteiger charge is 2.19. The van der Waals surface area contributed by atoms with Gasteiger partial charge in [-0.15, -0.1) is 0 Å². The first-order valence-electron chi connectivity index (χ1n) is 9.78. The van der Waals surface area contributed by atoms with E-state index in [1.807, 2.05) is 46.2 Å². The molecule has 0 fully saturated rings. The van der Waals surface area contributed by atoms with Gasteiger partial charge in [0.05, 0.1) is 29.5 Å². The number of benzene rings is 1. The van der Waals surface area contributed by atoms with Crippen molar-refractivity contribution in [2.45, 2.75) is 54.6 Å². The Kier molecular flexibility index (Phi) is 5.86. The second kappa shape index (κ2) is 8.19.